The van der Waals surface area contributed by atoms with Crippen molar-refractivity contribution in [1.29, 1.82) is 0 Å². The first-order chi connectivity index (χ1) is 7.36. The van der Waals surface area contributed by atoms with Gasteiger partial charge < -0.3 is 0 Å². The Kier molecular flexibility index (Phi) is 1.81. The molecular weight excluding hydrogens is 184 g/mol. The highest BCUT2D eigenvalue weighted by Crippen LogP contribution is 2.37. The van der Waals surface area contributed by atoms with Crippen molar-refractivity contribution in [2.75, 3.05) is 0 Å². The Balaban J connectivity index is 2.18. The SMILES string of the molecule is CC1=NC=CC2C=Cc3cnccc3C12. The highest BCUT2D eigenvalue weighted by atomic mass is 14.7. The maximum atomic E-state index is 4.39. The molecule has 2 unspecified atom stereocenters. The molecule has 0 radical (unpaired) electrons. The van der Waals surface area contributed by atoms with Gasteiger partial charge in [0.1, 0.15) is 0 Å². The van der Waals surface area contributed by atoms with Crippen LogP contribution in [0, 0.1) is 5.92 Å². The van der Waals surface area contributed by atoms with Gasteiger partial charge in [-0.1, -0.05) is 18.2 Å². The van der Waals surface area contributed by atoms with Crippen LogP contribution in [0.25, 0.3) is 6.08 Å². The van der Waals surface area contributed by atoms with E-state index in [2.05, 4.69) is 41.2 Å². The minimum Gasteiger partial charge on any atom is -0.266 e. The Hall–Kier alpha value is -1.70. The molecule has 15 heavy (non-hydrogen) atoms. The molecule has 2 aliphatic rings. The van der Waals surface area contributed by atoms with Crippen LogP contribution < -0.4 is 0 Å². The molecule has 0 saturated carbocycles. The molecule has 2 atom stereocenters. The molecule has 2 nitrogen and oxygen atoms in total. The summed E-state index contributed by atoms with van der Waals surface area (Å²) in [5, 5.41) is 0. The molecule has 0 spiro atoms. The van der Waals surface area contributed by atoms with Gasteiger partial charge in [0.05, 0.1) is 0 Å². The number of hydrogen-bond donors (Lipinski definition) is 0. The zero-order chi connectivity index (χ0) is 10.3. The molecule has 0 bridgehead atoms. The summed E-state index contributed by atoms with van der Waals surface area (Å²) in [7, 11) is 0. The minimum absolute atomic E-state index is 0.415. The van der Waals surface area contributed by atoms with Gasteiger partial charge in [0.15, 0.2) is 0 Å². The van der Waals surface area contributed by atoms with Crippen molar-refractivity contribution in [2.24, 2.45) is 10.9 Å². The van der Waals surface area contributed by atoms with Gasteiger partial charge in [0.25, 0.3) is 0 Å². The number of nitrogens with zero attached hydrogens (tertiary/aromatic N) is 2. The van der Waals surface area contributed by atoms with Gasteiger partial charge >= 0.3 is 0 Å². The van der Waals surface area contributed by atoms with Crippen LogP contribution in [0.1, 0.15) is 24.0 Å². The molecule has 1 aliphatic carbocycles. The van der Waals surface area contributed by atoms with E-state index >= 15 is 0 Å². The lowest BCUT2D eigenvalue weighted by atomic mass is 9.76. The van der Waals surface area contributed by atoms with Crippen LogP contribution in [0.3, 0.4) is 0 Å². The summed E-state index contributed by atoms with van der Waals surface area (Å²) in [6, 6.07) is 2.11. The van der Waals surface area contributed by atoms with Gasteiger partial charge in [-0.3, -0.25) is 9.98 Å². The molecule has 0 amide bonds. The molecule has 1 aromatic rings. The molecule has 2 heterocycles. The number of aliphatic imine (C=N–C) groups is 1. The Bertz CT molecular complexity index is 483. The number of rotatable bonds is 0. The van der Waals surface area contributed by atoms with Crippen molar-refractivity contribution in [2.45, 2.75) is 12.8 Å². The summed E-state index contributed by atoms with van der Waals surface area (Å²) in [5.41, 5.74) is 3.77. The highest BCUT2D eigenvalue weighted by molar-refractivity contribution is 5.92. The van der Waals surface area contributed by atoms with Crippen LogP contribution in [0.4, 0.5) is 0 Å². The Morgan fingerprint density at radius 3 is 3.13 bits per heavy atom. The van der Waals surface area contributed by atoms with Crippen molar-refractivity contribution in [1.82, 2.24) is 4.98 Å². The highest BCUT2D eigenvalue weighted by Gasteiger charge is 2.28. The number of hydrogen-bond acceptors (Lipinski definition) is 2. The largest absolute Gasteiger partial charge is 0.266 e. The monoisotopic (exact) mass is 196 g/mol. The third-order valence-corrected chi connectivity index (χ3v) is 3.14. The zero-order valence-electron chi connectivity index (χ0n) is 8.59. The van der Waals surface area contributed by atoms with E-state index < -0.39 is 0 Å². The first kappa shape index (κ1) is 8.60. The summed E-state index contributed by atoms with van der Waals surface area (Å²) in [5.74, 6) is 0.885. The van der Waals surface area contributed by atoms with Crippen LogP contribution >= 0.6 is 0 Å². The van der Waals surface area contributed by atoms with Crippen LogP contribution in [-0.2, 0) is 0 Å². The van der Waals surface area contributed by atoms with Crippen LogP contribution in [0.5, 0.6) is 0 Å². The number of aromatic nitrogens is 1. The summed E-state index contributed by atoms with van der Waals surface area (Å²) < 4.78 is 0. The summed E-state index contributed by atoms with van der Waals surface area (Å²) in [6.07, 6.45) is 12.3. The molecular formula is C13H12N2. The maximum Gasteiger partial charge on any atom is 0.0343 e. The molecule has 3 rings (SSSR count). The zero-order valence-corrected chi connectivity index (χ0v) is 8.59. The van der Waals surface area contributed by atoms with E-state index in [-0.39, 0.29) is 0 Å². The molecule has 1 aromatic heterocycles. The topological polar surface area (TPSA) is 25.2 Å². The smallest absolute Gasteiger partial charge is 0.0343 e. The second kappa shape index (κ2) is 3.16. The van der Waals surface area contributed by atoms with Gasteiger partial charge in [-0.25, -0.2) is 0 Å². The standard InChI is InChI=1S/C13H12N2/c1-9-13-10(4-7-15-9)2-3-11-8-14-6-5-12(11)13/h2-8,10,13H,1H3. The van der Waals surface area contributed by atoms with Crippen molar-refractivity contribution >= 4 is 11.8 Å². The van der Waals surface area contributed by atoms with Gasteiger partial charge in [-0.15, -0.1) is 0 Å². The quantitative estimate of drug-likeness (QED) is 0.626. The molecule has 2 heteroatoms. The minimum atomic E-state index is 0.415. The normalized spacial score (nSPS) is 26.9. The molecule has 0 fully saturated rings. The fraction of sp³-hybridized carbons (Fsp3) is 0.231. The lowest BCUT2D eigenvalue weighted by molar-refractivity contribution is 0.715. The Labute approximate surface area is 89.1 Å². The van der Waals surface area contributed by atoms with Gasteiger partial charge in [-0.2, -0.15) is 0 Å². The third-order valence-electron chi connectivity index (χ3n) is 3.14. The fourth-order valence-electron chi connectivity index (χ4n) is 2.39. The van der Waals surface area contributed by atoms with Crippen molar-refractivity contribution < 1.29 is 0 Å². The molecule has 0 aromatic carbocycles. The fourth-order valence-corrected chi connectivity index (χ4v) is 2.39. The molecule has 0 saturated heterocycles. The van der Waals surface area contributed by atoms with Crippen LogP contribution in [0.15, 0.2) is 41.8 Å². The van der Waals surface area contributed by atoms with Crippen LogP contribution in [0.2, 0.25) is 0 Å². The van der Waals surface area contributed by atoms with E-state index in [1.54, 1.807) is 0 Å². The summed E-state index contributed by atoms with van der Waals surface area (Å²) in [6.45, 7) is 2.10. The third kappa shape index (κ3) is 1.25. The summed E-state index contributed by atoms with van der Waals surface area (Å²) in [4.78, 5) is 8.55. The van der Waals surface area contributed by atoms with E-state index in [0.717, 1.165) is 0 Å². The van der Waals surface area contributed by atoms with Gasteiger partial charge in [0, 0.05) is 36.1 Å². The van der Waals surface area contributed by atoms with Gasteiger partial charge in [-0.05, 0) is 24.1 Å². The van der Waals surface area contributed by atoms with E-state index in [1.807, 2.05) is 18.6 Å². The number of pyridine rings is 1. The second-order valence-electron chi connectivity index (χ2n) is 4.03. The predicted molar refractivity (Wildman–Crippen MR) is 61.8 cm³/mol. The van der Waals surface area contributed by atoms with E-state index in [4.69, 9.17) is 0 Å². The lowest BCUT2D eigenvalue weighted by Crippen LogP contribution is -2.22. The Morgan fingerprint density at radius 1 is 1.27 bits per heavy atom. The Morgan fingerprint density at radius 2 is 2.20 bits per heavy atom. The first-order valence-electron chi connectivity index (χ1n) is 5.19. The predicted octanol–water partition coefficient (Wildman–Crippen LogP) is 2.80. The van der Waals surface area contributed by atoms with Gasteiger partial charge in [0.2, 0.25) is 0 Å². The number of allylic oxidation sites excluding steroid dienone is 2. The van der Waals surface area contributed by atoms with Crippen molar-refractivity contribution in [3.63, 3.8) is 0 Å². The van der Waals surface area contributed by atoms with Crippen molar-refractivity contribution in [3.05, 3.63) is 47.9 Å². The lowest BCUT2D eigenvalue weighted by Gasteiger charge is -2.29. The average molecular weight is 196 g/mol. The molecule has 0 N–H and O–H groups in total. The number of fused-ring (bicyclic) bond motifs is 3. The van der Waals surface area contributed by atoms with Crippen molar-refractivity contribution in [3.8, 4) is 0 Å². The first-order valence-corrected chi connectivity index (χ1v) is 5.19. The average Bonchev–Trinajstić information content (AvgIpc) is 2.29. The molecule has 74 valence electrons. The maximum absolute atomic E-state index is 4.39. The molecule has 1 aliphatic heterocycles. The van der Waals surface area contributed by atoms with E-state index in [9.17, 15) is 0 Å². The van der Waals surface area contributed by atoms with E-state index in [0.29, 0.717) is 11.8 Å². The van der Waals surface area contributed by atoms with E-state index in [1.165, 1.54) is 16.8 Å². The van der Waals surface area contributed by atoms with Crippen LogP contribution in [-0.4, -0.2) is 10.7 Å². The summed E-state index contributed by atoms with van der Waals surface area (Å²) >= 11 is 0. The second-order valence-corrected chi connectivity index (χ2v) is 4.03.